The molecule has 4 rings (SSSR count). The van der Waals surface area contributed by atoms with Crippen LogP contribution in [-0.2, 0) is 9.59 Å². The Bertz CT molecular complexity index is 856. The normalized spacial score (nSPS) is 28.6. The number of fused-ring (bicyclic) bond motifs is 2. The molecule has 3 saturated heterocycles. The van der Waals surface area contributed by atoms with E-state index in [1.807, 2.05) is 22.8 Å². The number of nitrogens with two attached hydrogens (primary N) is 1. The van der Waals surface area contributed by atoms with Crippen molar-refractivity contribution in [3.8, 4) is 6.07 Å². The second kappa shape index (κ2) is 7.73. The molecule has 154 valence electrons. The van der Waals surface area contributed by atoms with Crippen molar-refractivity contribution in [2.45, 2.75) is 56.4 Å². The number of carbonyl (C=O) groups is 2. The van der Waals surface area contributed by atoms with E-state index in [0.717, 1.165) is 12.0 Å². The Hall–Kier alpha value is -2.50. The van der Waals surface area contributed by atoms with Crippen molar-refractivity contribution in [3.63, 3.8) is 0 Å². The Morgan fingerprint density at radius 3 is 2.93 bits per heavy atom. The number of rotatable bonds is 5. The third kappa shape index (κ3) is 3.49. The van der Waals surface area contributed by atoms with Gasteiger partial charge >= 0.3 is 0 Å². The lowest BCUT2D eigenvalue weighted by molar-refractivity contribution is -0.141. The largest absolute Gasteiger partial charge is 0.330 e. The standard InChI is InChI=1S/C21H26FN5O2/c1-13(14-4-2-5-15(22)8-14)27-17-9-19(21(27)29)25(11-17)12-18(24)20(28)26-7-3-6-16(26)10-23/h2,4-5,8,13,16-19H,3,6-7,9,11-12,24H2,1H3/t13-,16-,17-,18-,19+/m0/s1. The van der Waals surface area contributed by atoms with Gasteiger partial charge in [-0.1, -0.05) is 12.1 Å². The molecule has 0 aromatic heterocycles. The highest BCUT2D eigenvalue weighted by atomic mass is 19.1. The highest BCUT2D eigenvalue weighted by Gasteiger charge is 2.51. The van der Waals surface area contributed by atoms with Crippen LogP contribution in [-0.4, -0.2) is 70.3 Å². The van der Waals surface area contributed by atoms with Crippen LogP contribution in [0.5, 0.6) is 0 Å². The summed E-state index contributed by atoms with van der Waals surface area (Å²) in [6.07, 6.45) is 2.20. The number of halogens is 1. The zero-order valence-corrected chi connectivity index (χ0v) is 16.5. The molecular formula is C21H26FN5O2. The lowest BCUT2D eigenvalue weighted by atomic mass is 10.1. The van der Waals surface area contributed by atoms with E-state index < -0.39 is 12.1 Å². The van der Waals surface area contributed by atoms with E-state index in [-0.39, 0.29) is 35.8 Å². The van der Waals surface area contributed by atoms with Crippen molar-refractivity contribution >= 4 is 11.8 Å². The fraction of sp³-hybridized carbons (Fsp3) is 0.571. The lowest BCUT2D eigenvalue weighted by Crippen LogP contribution is -2.56. The lowest BCUT2D eigenvalue weighted by Gasteiger charge is -2.38. The van der Waals surface area contributed by atoms with Crippen LogP contribution in [0, 0.1) is 17.1 Å². The highest BCUT2D eigenvalue weighted by molar-refractivity contribution is 5.87. The summed E-state index contributed by atoms with van der Waals surface area (Å²) in [7, 11) is 0. The molecule has 0 radical (unpaired) electrons. The maximum atomic E-state index is 13.6. The predicted molar refractivity (Wildman–Crippen MR) is 104 cm³/mol. The zero-order valence-electron chi connectivity index (χ0n) is 16.5. The average Bonchev–Trinajstić information content (AvgIpc) is 3.41. The van der Waals surface area contributed by atoms with Gasteiger partial charge in [-0.2, -0.15) is 5.26 Å². The molecule has 3 aliphatic rings. The van der Waals surface area contributed by atoms with Crippen LogP contribution in [0.3, 0.4) is 0 Å². The monoisotopic (exact) mass is 399 g/mol. The van der Waals surface area contributed by atoms with Crippen molar-refractivity contribution in [2.75, 3.05) is 19.6 Å². The van der Waals surface area contributed by atoms with Crippen LogP contribution >= 0.6 is 0 Å². The van der Waals surface area contributed by atoms with Gasteiger partial charge < -0.3 is 15.5 Å². The van der Waals surface area contributed by atoms with E-state index in [1.54, 1.807) is 11.0 Å². The maximum Gasteiger partial charge on any atom is 0.241 e. The first kappa shape index (κ1) is 19.8. The van der Waals surface area contributed by atoms with Crippen molar-refractivity contribution in [1.29, 1.82) is 5.26 Å². The van der Waals surface area contributed by atoms with Gasteiger partial charge in [0.05, 0.1) is 24.2 Å². The Morgan fingerprint density at radius 1 is 1.45 bits per heavy atom. The van der Waals surface area contributed by atoms with Crippen LogP contribution in [0.1, 0.15) is 37.8 Å². The molecule has 3 heterocycles. The zero-order chi connectivity index (χ0) is 20.7. The maximum absolute atomic E-state index is 13.6. The van der Waals surface area contributed by atoms with E-state index in [1.165, 1.54) is 12.1 Å². The van der Waals surface area contributed by atoms with Crippen LogP contribution in [0.15, 0.2) is 24.3 Å². The summed E-state index contributed by atoms with van der Waals surface area (Å²) in [5.74, 6) is -0.516. The molecule has 0 aliphatic carbocycles. The minimum Gasteiger partial charge on any atom is -0.330 e. The molecule has 3 aliphatic heterocycles. The summed E-state index contributed by atoms with van der Waals surface area (Å²) in [4.78, 5) is 31.1. The van der Waals surface area contributed by atoms with Crippen LogP contribution in [0.2, 0.25) is 0 Å². The molecule has 8 heteroatoms. The highest BCUT2D eigenvalue weighted by Crippen LogP contribution is 2.38. The fourth-order valence-corrected chi connectivity index (χ4v) is 5.03. The molecule has 2 amide bonds. The third-order valence-electron chi connectivity index (χ3n) is 6.50. The molecular weight excluding hydrogens is 373 g/mol. The SMILES string of the molecule is C[C@@H](c1cccc(F)c1)N1C(=O)[C@H]2C[C@H]1CN2C[C@H](N)C(=O)N1CCC[C@H]1C#N. The minimum atomic E-state index is -0.745. The molecule has 1 aromatic carbocycles. The van der Waals surface area contributed by atoms with E-state index >= 15 is 0 Å². The summed E-state index contributed by atoms with van der Waals surface area (Å²) < 4.78 is 13.6. The first-order valence-corrected chi connectivity index (χ1v) is 10.2. The van der Waals surface area contributed by atoms with Gasteiger partial charge in [0.25, 0.3) is 0 Å². The van der Waals surface area contributed by atoms with E-state index in [0.29, 0.717) is 32.5 Å². The number of hydrogen-bond acceptors (Lipinski definition) is 5. The summed E-state index contributed by atoms with van der Waals surface area (Å²) in [6.45, 7) is 3.44. The summed E-state index contributed by atoms with van der Waals surface area (Å²) in [6, 6.07) is 6.92. The topological polar surface area (TPSA) is 93.7 Å². The second-order valence-electron chi connectivity index (χ2n) is 8.26. The summed E-state index contributed by atoms with van der Waals surface area (Å²) in [5.41, 5.74) is 6.94. The summed E-state index contributed by atoms with van der Waals surface area (Å²) in [5, 5.41) is 9.20. The first-order chi connectivity index (χ1) is 13.9. The van der Waals surface area contributed by atoms with Gasteiger partial charge in [-0.25, -0.2) is 4.39 Å². The number of piperazine rings is 1. The number of carbonyl (C=O) groups excluding carboxylic acids is 2. The first-order valence-electron chi connectivity index (χ1n) is 10.2. The third-order valence-corrected chi connectivity index (χ3v) is 6.50. The number of likely N-dealkylation sites (tertiary alicyclic amines) is 3. The van der Waals surface area contributed by atoms with Gasteiger partial charge in [-0.05, 0) is 43.9 Å². The van der Waals surface area contributed by atoms with Crippen molar-refractivity contribution in [3.05, 3.63) is 35.6 Å². The van der Waals surface area contributed by atoms with Crippen molar-refractivity contribution in [1.82, 2.24) is 14.7 Å². The van der Waals surface area contributed by atoms with E-state index in [9.17, 15) is 19.2 Å². The van der Waals surface area contributed by atoms with Crippen molar-refractivity contribution in [2.24, 2.45) is 5.73 Å². The molecule has 0 unspecified atom stereocenters. The van der Waals surface area contributed by atoms with Gasteiger partial charge in [-0.3, -0.25) is 14.5 Å². The number of benzene rings is 1. The van der Waals surface area contributed by atoms with Crippen molar-refractivity contribution < 1.29 is 14.0 Å². The van der Waals surface area contributed by atoms with Gasteiger partial charge in [0.15, 0.2) is 0 Å². The molecule has 3 fully saturated rings. The fourth-order valence-electron chi connectivity index (χ4n) is 5.03. The van der Waals surface area contributed by atoms with Gasteiger partial charge in [-0.15, -0.1) is 0 Å². The Balaban J connectivity index is 1.40. The Kier molecular flexibility index (Phi) is 5.28. The molecule has 2 N–H and O–H groups in total. The molecule has 5 atom stereocenters. The Morgan fingerprint density at radius 2 is 2.24 bits per heavy atom. The molecule has 7 nitrogen and oxygen atoms in total. The second-order valence-corrected chi connectivity index (χ2v) is 8.26. The van der Waals surface area contributed by atoms with E-state index in [2.05, 4.69) is 6.07 Å². The number of nitrogens with zero attached hydrogens (tertiary/aromatic N) is 4. The van der Waals surface area contributed by atoms with E-state index in [4.69, 9.17) is 5.73 Å². The molecule has 2 bridgehead atoms. The molecule has 29 heavy (non-hydrogen) atoms. The number of hydrogen-bond donors (Lipinski definition) is 1. The average molecular weight is 399 g/mol. The van der Waals surface area contributed by atoms with Gasteiger partial charge in [0, 0.05) is 25.7 Å². The summed E-state index contributed by atoms with van der Waals surface area (Å²) >= 11 is 0. The number of amides is 2. The smallest absolute Gasteiger partial charge is 0.241 e. The van der Waals surface area contributed by atoms with Crippen LogP contribution in [0.4, 0.5) is 4.39 Å². The molecule has 0 spiro atoms. The molecule has 1 aromatic rings. The van der Waals surface area contributed by atoms with Crippen LogP contribution in [0.25, 0.3) is 0 Å². The van der Waals surface area contributed by atoms with Gasteiger partial charge in [0.2, 0.25) is 11.8 Å². The van der Waals surface area contributed by atoms with Crippen LogP contribution < -0.4 is 5.73 Å². The quantitative estimate of drug-likeness (QED) is 0.798. The Labute approximate surface area is 169 Å². The predicted octanol–water partition coefficient (Wildman–Crippen LogP) is 1.01. The minimum absolute atomic E-state index is 0.00809. The number of nitriles is 1. The van der Waals surface area contributed by atoms with Gasteiger partial charge in [0.1, 0.15) is 11.9 Å². The molecule has 0 saturated carbocycles.